The Morgan fingerprint density at radius 3 is 1.89 bits per heavy atom. The maximum absolute atomic E-state index is 13.3. The zero-order chi connectivity index (χ0) is 25.1. The Hall–Kier alpha value is -3.05. The van der Waals surface area contributed by atoms with Gasteiger partial charge >= 0.3 is 0 Å². The van der Waals surface area contributed by atoms with Crippen molar-refractivity contribution in [1.82, 2.24) is 13.3 Å². The van der Waals surface area contributed by atoms with Gasteiger partial charge in [0, 0.05) is 19.0 Å². The molecule has 184 valence electrons. The lowest BCUT2D eigenvalue weighted by Gasteiger charge is -2.23. The van der Waals surface area contributed by atoms with Gasteiger partial charge in [0.1, 0.15) is 6.04 Å². The minimum Gasteiger partial charge on any atom is -0.354 e. The molecule has 0 saturated carbocycles. The molecule has 1 N–H and O–H groups in total. The number of carbonyl (C=O) groups excluding carboxylic acids is 1. The summed E-state index contributed by atoms with van der Waals surface area (Å²) < 4.78 is 52.1. The van der Waals surface area contributed by atoms with Gasteiger partial charge in [0.05, 0.1) is 12.8 Å². The first-order chi connectivity index (χ1) is 16.7. The fourth-order valence-corrected chi connectivity index (χ4v) is 7.60. The van der Waals surface area contributed by atoms with E-state index < -0.39 is 38.7 Å². The first-order valence-corrected chi connectivity index (χ1v) is 14.3. The zero-order valence-electron chi connectivity index (χ0n) is 19.2. The van der Waals surface area contributed by atoms with Crippen molar-refractivity contribution >= 4 is 26.1 Å². The quantitative estimate of drug-likeness (QED) is 0.498. The van der Waals surface area contributed by atoms with Gasteiger partial charge in [-0.3, -0.25) is 4.79 Å². The summed E-state index contributed by atoms with van der Waals surface area (Å²) in [5.41, 5.74) is 2.64. The molecule has 8 nitrogen and oxygen atoms in total. The van der Waals surface area contributed by atoms with E-state index in [0.29, 0.717) is 9.27 Å². The molecule has 1 aliphatic rings. The molecule has 3 aromatic rings. The van der Waals surface area contributed by atoms with E-state index in [4.69, 9.17) is 0 Å². The number of sulfonamides is 1. The summed E-state index contributed by atoms with van der Waals surface area (Å²) in [6.45, 7) is -0.364. The molecule has 1 unspecified atom stereocenters. The Labute approximate surface area is 206 Å². The summed E-state index contributed by atoms with van der Waals surface area (Å²) in [5.74, 6) is -0.708. The van der Waals surface area contributed by atoms with Crippen LogP contribution < -0.4 is 5.32 Å². The highest BCUT2D eigenvalue weighted by molar-refractivity contribution is 8.02. The Kier molecular flexibility index (Phi) is 7.36. The van der Waals surface area contributed by atoms with E-state index in [9.17, 15) is 21.6 Å². The summed E-state index contributed by atoms with van der Waals surface area (Å²) in [6, 6.07) is 26.9. The molecule has 4 rings (SSSR count). The van der Waals surface area contributed by atoms with Crippen LogP contribution >= 0.6 is 0 Å². The normalized spacial score (nSPS) is 18.5. The average Bonchev–Trinajstić information content (AvgIpc) is 3.11. The predicted molar refractivity (Wildman–Crippen MR) is 134 cm³/mol. The Morgan fingerprint density at radius 1 is 0.914 bits per heavy atom. The zero-order valence-corrected chi connectivity index (χ0v) is 20.8. The highest BCUT2D eigenvalue weighted by Gasteiger charge is 2.51. The van der Waals surface area contributed by atoms with Gasteiger partial charge in [0.25, 0.3) is 10.2 Å². The van der Waals surface area contributed by atoms with Gasteiger partial charge < -0.3 is 5.32 Å². The topological polar surface area (TPSA) is 104 Å². The van der Waals surface area contributed by atoms with E-state index in [1.54, 1.807) is 30.3 Å². The Bertz CT molecular complexity index is 1330. The number of amides is 1. The lowest BCUT2D eigenvalue weighted by molar-refractivity contribution is -0.124. The summed E-state index contributed by atoms with van der Waals surface area (Å²) in [5, 5.41) is 2.88. The van der Waals surface area contributed by atoms with Crippen molar-refractivity contribution in [1.29, 1.82) is 0 Å². The molecule has 35 heavy (non-hydrogen) atoms. The average molecular weight is 514 g/mol. The van der Waals surface area contributed by atoms with Crippen LogP contribution in [0.1, 0.15) is 22.6 Å². The van der Waals surface area contributed by atoms with Crippen molar-refractivity contribution in [3.8, 4) is 0 Å². The standard InChI is InChI=1S/C25H27N3O5S2/c1-34(30,31)28-19-24(27(35(28,32)33)18-20-11-5-2-6-12-20)25(29)26-17-23(21-13-7-3-8-14-21)22-15-9-4-10-16-22/h2-16,23-24H,17-19H2,1H3,(H,26,29). The third kappa shape index (κ3) is 5.62. The van der Waals surface area contributed by atoms with Gasteiger partial charge in [-0.1, -0.05) is 94.7 Å². The highest BCUT2D eigenvalue weighted by Crippen LogP contribution is 2.28. The Morgan fingerprint density at radius 2 is 1.40 bits per heavy atom. The third-order valence-corrected chi connectivity index (χ3v) is 9.87. The molecule has 3 aromatic carbocycles. The van der Waals surface area contributed by atoms with Crippen LogP contribution in [0.4, 0.5) is 0 Å². The van der Waals surface area contributed by atoms with E-state index in [1.165, 1.54) is 0 Å². The second kappa shape index (κ2) is 10.3. The summed E-state index contributed by atoms with van der Waals surface area (Å²) >= 11 is 0. The number of nitrogens with one attached hydrogen (secondary N) is 1. The molecule has 10 heteroatoms. The van der Waals surface area contributed by atoms with Crippen LogP contribution in [-0.2, 0) is 31.6 Å². The van der Waals surface area contributed by atoms with Gasteiger partial charge in [-0.15, -0.1) is 0 Å². The number of benzene rings is 3. The first kappa shape index (κ1) is 25.1. The van der Waals surface area contributed by atoms with Crippen molar-refractivity contribution < 1.29 is 21.6 Å². The number of rotatable bonds is 8. The van der Waals surface area contributed by atoms with Crippen LogP contribution in [-0.4, -0.2) is 56.1 Å². The summed E-state index contributed by atoms with van der Waals surface area (Å²) in [7, 11) is -8.50. The summed E-state index contributed by atoms with van der Waals surface area (Å²) in [6.07, 6.45) is 0.826. The van der Waals surface area contributed by atoms with Crippen LogP contribution in [0.3, 0.4) is 0 Å². The van der Waals surface area contributed by atoms with Crippen LogP contribution in [0, 0.1) is 0 Å². The lowest BCUT2D eigenvalue weighted by atomic mass is 9.91. The first-order valence-electron chi connectivity index (χ1n) is 11.1. The molecular formula is C25H27N3O5S2. The van der Waals surface area contributed by atoms with E-state index in [1.807, 2.05) is 60.7 Å². The lowest BCUT2D eigenvalue weighted by Crippen LogP contribution is -2.46. The SMILES string of the molecule is CS(=O)(=O)N1CC(C(=O)NCC(c2ccccc2)c2ccccc2)N(Cc2ccccc2)S1(=O)=O. The highest BCUT2D eigenvalue weighted by atomic mass is 32.3. The molecule has 1 amide bonds. The number of hydrogen-bond donors (Lipinski definition) is 1. The fourth-order valence-electron chi connectivity index (χ4n) is 4.20. The maximum Gasteiger partial charge on any atom is 0.296 e. The molecule has 0 spiro atoms. The second-order valence-electron chi connectivity index (χ2n) is 8.39. The van der Waals surface area contributed by atoms with Gasteiger partial charge in [-0.25, -0.2) is 8.42 Å². The van der Waals surface area contributed by atoms with E-state index >= 15 is 0 Å². The molecular weight excluding hydrogens is 486 g/mol. The van der Waals surface area contributed by atoms with Crippen molar-refractivity contribution in [3.63, 3.8) is 0 Å². The van der Waals surface area contributed by atoms with Crippen LogP contribution in [0.5, 0.6) is 0 Å². The molecule has 1 heterocycles. The van der Waals surface area contributed by atoms with Crippen LogP contribution in [0.2, 0.25) is 0 Å². The van der Waals surface area contributed by atoms with Crippen molar-refractivity contribution in [2.75, 3.05) is 19.3 Å². The molecule has 0 aromatic heterocycles. The van der Waals surface area contributed by atoms with Crippen molar-refractivity contribution in [2.24, 2.45) is 0 Å². The Balaban J connectivity index is 1.60. The summed E-state index contributed by atoms with van der Waals surface area (Å²) in [4.78, 5) is 13.3. The van der Waals surface area contributed by atoms with Crippen LogP contribution in [0.15, 0.2) is 91.0 Å². The molecule has 1 saturated heterocycles. The van der Waals surface area contributed by atoms with Gasteiger partial charge in [-0.05, 0) is 16.7 Å². The number of hydrogen-bond acceptors (Lipinski definition) is 5. The molecule has 0 aliphatic carbocycles. The van der Waals surface area contributed by atoms with Gasteiger partial charge in [-0.2, -0.15) is 12.7 Å². The molecule has 0 bridgehead atoms. The monoisotopic (exact) mass is 513 g/mol. The molecule has 1 atom stereocenters. The number of nitrogens with zero attached hydrogens (tertiary/aromatic N) is 2. The van der Waals surface area contributed by atoms with Crippen LogP contribution in [0.25, 0.3) is 0 Å². The minimum absolute atomic E-state index is 0.117. The van der Waals surface area contributed by atoms with Crippen molar-refractivity contribution in [3.05, 3.63) is 108 Å². The van der Waals surface area contributed by atoms with Crippen molar-refractivity contribution in [2.45, 2.75) is 18.5 Å². The van der Waals surface area contributed by atoms with Gasteiger partial charge in [0.15, 0.2) is 0 Å². The molecule has 0 radical (unpaired) electrons. The fraction of sp³-hybridized carbons (Fsp3) is 0.240. The maximum atomic E-state index is 13.3. The van der Waals surface area contributed by atoms with Gasteiger partial charge in [0.2, 0.25) is 15.9 Å². The number of carbonyl (C=O) groups is 1. The second-order valence-corrected chi connectivity index (χ2v) is 12.3. The smallest absolute Gasteiger partial charge is 0.296 e. The van der Waals surface area contributed by atoms with E-state index in [0.717, 1.165) is 21.7 Å². The molecule has 1 aliphatic heterocycles. The largest absolute Gasteiger partial charge is 0.354 e. The minimum atomic E-state index is -4.40. The predicted octanol–water partition coefficient (Wildman–Crippen LogP) is 2.33. The van der Waals surface area contributed by atoms with E-state index in [-0.39, 0.29) is 19.0 Å². The van der Waals surface area contributed by atoms with E-state index in [2.05, 4.69) is 5.32 Å². The molecule has 1 fully saturated rings. The third-order valence-electron chi connectivity index (χ3n) is 5.96.